The Balaban J connectivity index is 0.00000147. The summed E-state index contributed by atoms with van der Waals surface area (Å²) in [5.41, 5.74) is 0.239. The van der Waals surface area contributed by atoms with Crippen LogP contribution in [0, 0.1) is 23.2 Å². The van der Waals surface area contributed by atoms with Gasteiger partial charge in [0, 0.05) is 6.42 Å². The number of carboxylic acids is 1. The van der Waals surface area contributed by atoms with E-state index >= 15 is 0 Å². The fourth-order valence-electron chi connectivity index (χ4n) is 5.21. The summed E-state index contributed by atoms with van der Waals surface area (Å²) in [5.74, 6) is -1.13. The molecule has 0 atom stereocenters. The van der Waals surface area contributed by atoms with Crippen LogP contribution < -0.4 is 0 Å². The van der Waals surface area contributed by atoms with Crippen LogP contribution in [0.3, 0.4) is 0 Å². The average molecular weight is 282 g/mol. The smallest absolute Gasteiger partial charge is 0.380 e. The molecule has 4 saturated carbocycles. The first kappa shape index (κ1) is 15.2. The number of rotatable bonds is 5. The molecule has 0 aromatic carbocycles. The standard InChI is InChI=1S/C15H20O4.H2O/c16-12(13(17)14(18)19)1-2-15-6-9-3-10(7-15)5-11(4-9)8-15;/h9-11H,1-8H2,(H,18,19);1H2. The van der Waals surface area contributed by atoms with E-state index in [4.69, 9.17) is 5.11 Å². The first-order valence-electron chi connectivity index (χ1n) is 7.28. The second kappa shape index (κ2) is 5.28. The summed E-state index contributed by atoms with van der Waals surface area (Å²) in [4.78, 5) is 33.2. The van der Waals surface area contributed by atoms with E-state index < -0.39 is 17.5 Å². The number of Topliss-reactive ketones (excluding diaryl/α,β-unsaturated/α-hetero) is 2. The van der Waals surface area contributed by atoms with E-state index in [0.29, 0.717) is 6.42 Å². The van der Waals surface area contributed by atoms with Gasteiger partial charge >= 0.3 is 11.8 Å². The van der Waals surface area contributed by atoms with Gasteiger partial charge in [0.1, 0.15) is 0 Å². The van der Waals surface area contributed by atoms with E-state index in [1.807, 2.05) is 0 Å². The number of hydrogen-bond acceptors (Lipinski definition) is 3. The molecule has 4 aliphatic carbocycles. The Hall–Kier alpha value is -1.23. The SMILES string of the molecule is O.O=C(O)C(=O)C(=O)CCC12CC3CC(CC(C3)C1)C2. The molecule has 3 N–H and O–H groups in total. The van der Waals surface area contributed by atoms with Crippen molar-refractivity contribution in [1.29, 1.82) is 0 Å². The van der Waals surface area contributed by atoms with Crippen LogP contribution in [-0.4, -0.2) is 28.1 Å². The molecular weight excluding hydrogens is 260 g/mol. The Bertz CT molecular complexity index is 404. The monoisotopic (exact) mass is 282 g/mol. The summed E-state index contributed by atoms with van der Waals surface area (Å²) in [5, 5.41) is 8.54. The van der Waals surface area contributed by atoms with Crippen LogP contribution >= 0.6 is 0 Å². The summed E-state index contributed by atoms with van der Waals surface area (Å²) in [7, 11) is 0. The van der Waals surface area contributed by atoms with E-state index in [1.165, 1.54) is 38.5 Å². The van der Waals surface area contributed by atoms with Gasteiger partial charge in [-0.25, -0.2) is 4.79 Å². The van der Waals surface area contributed by atoms with Crippen LogP contribution in [0.25, 0.3) is 0 Å². The first-order chi connectivity index (χ1) is 8.97. The molecule has 0 radical (unpaired) electrons. The van der Waals surface area contributed by atoms with Gasteiger partial charge in [-0.1, -0.05) is 0 Å². The van der Waals surface area contributed by atoms with Crippen molar-refractivity contribution < 1.29 is 25.0 Å². The van der Waals surface area contributed by atoms with Gasteiger partial charge in [0.05, 0.1) is 0 Å². The number of carbonyl (C=O) groups is 3. The summed E-state index contributed by atoms with van der Waals surface area (Å²) >= 11 is 0. The third-order valence-corrected chi connectivity index (χ3v) is 5.49. The Labute approximate surface area is 118 Å². The summed E-state index contributed by atoms with van der Waals surface area (Å²) < 4.78 is 0. The Morgan fingerprint density at radius 3 is 1.80 bits per heavy atom. The zero-order chi connectivity index (χ0) is 13.6. The molecular formula is C15H22O5. The van der Waals surface area contributed by atoms with Gasteiger partial charge in [0.15, 0.2) is 0 Å². The number of aliphatic carboxylic acids is 1. The Morgan fingerprint density at radius 2 is 1.40 bits per heavy atom. The number of ketones is 2. The molecule has 4 rings (SSSR count). The molecule has 0 aromatic heterocycles. The lowest BCUT2D eigenvalue weighted by Gasteiger charge is -2.57. The zero-order valence-electron chi connectivity index (χ0n) is 11.6. The summed E-state index contributed by atoms with van der Waals surface area (Å²) in [6.45, 7) is 0. The molecule has 0 amide bonds. The van der Waals surface area contributed by atoms with Crippen LogP contribution in [0.4, 0.5) is 0 Å². The molecule has 20 heavy (non-hydrogen) atoms. The lowest BCUT2D eigenvalue weighted by atomic mass is 9.48. The second-order valence-corrected chi connectivity index (χ2v) is 6.98. The Morgan fingerprint density at radius 1 is 0.950 bits per heavy atom. The van der Waals surface area contributed by atoms with Gasteiger partial charge in [-0.3, -0.25) is 9.59 Å². The molecule has 4 bridgehead atoms. The van der Waals surface area contributed by atoms with Gasteiger partial charge in [0.25, 0.3) is 0 Å². The minimum atomic E-state index is -1.62. The van der Waals surface area contributed by atoms with Gasteiger partial charge in [0.2, 0.25) is 5.78 Å². The highest BCUT2D eigenvalue weighted by Gasteiger charge is 2.50. The van der Waals surface area contributed by atoms with Crippen molar-refractivity contribution in [2.24, 2.45) is 23.2 Å². The fourth-order valence-corrected chi connectivity index (χ4v) is 5.21. The maximum atomic E-state index is 11.5. The minimum absolute atomic E-state index is 0. The molecule has 0 aliphatic heterocycles. The molecule has 0 saturated heterocycles. The van der Waals surface area contributed by atoms with Crippen LogP contribution in [0.5, 0.6) is 0 Å². The van der Waals surface area contributed by atoms with Crippen LogP contribution in [0.15, 0.2) is 0 Å². The molecule has 4 aliphatic rings. The van der Waals surface area contributed by atoms with E-state index in [-0.39, 0.29) is 17.3 Å². The quantitative estimate of drug-likeness (QED) is 0.607. The molecule has 4 fully saturated rings. The highest BCUT2D eigenvalue weighted by Crippen LogP contribution is 2.61. The largest absolute Gasteiger partial charge is 0.475 e. The van der Waals surface area contributed by atoms with Crippen molar-refractivity contribution >= 4 is 17.5 Å². The second-order valence-electron chi connectivity index (χ2n) is 6.98. The molecule has 5 heteroatoms. The van der Waals surface area contributed by atoms with Crippen LogP contribution in [-0.2, 0) is 14.4 Å². The normalized spacial score (nSPS) is 37.3. The van der Waals surface area contributed by atoms with E-state index in [0.717, 1.165) is 17.8 Å². The first-order valence-corrected chi connectivity index (χ1v) is 7.28. The third-order valence-electron chi connectivity index (χ3n) is 5.49. The highest BCUT2D eigenvalue weighted by molar-refractivity contribution is 6.61. The molecule has 5 nitrogen and oxygen atoms in total. The molecule has 0 spiro atoms. The van der Waals surface area contributed by atoms with Crippen molar-refractivity contribution in [2.75, 3.05) is 0 Å². The van der Waals surface area contributed by atoms with Crippen molar-refractivity contribution in [3.63, 3.8) is 0 Å². The van der Waals surface area contributed by atoms with Gasteiger partial charge in [-0.15, -0.1) is 0 Å². The van der Waals surface area contributed by atoms with Crippen molar-refractivity contribution in [3.05, 3.63) is 0 Å². The molecule has 0 aromatic rings. The van der Waals surface area contributed by atoms with Gasteiger partial charge in [-0.05, 0) is 68.1 Å². The van der Waals surface area contributed by atoms with Crippen molar-refractivity contribution in [1.82, 2.24) is 0 Å². The number of carboxylic acid groups (broad SMARTS) is 1. The van der Waals surface area contributed by atoms with Crippen LogP contribution in [0.2, 0.25) is 0 Å². The van der Waals surface area contributed by atoms with Crippen molar-refractivity contribution in [2.45, 2.75) is 51.4 Å². The molecule has 0 heterocycles. The third kappa shape index (κ3) is 2.64. The van der Waals surface area contributed by atoms with Crippen molar-refractivity contribution in [3.8, 4) is 0 Å². The van der Waals surface area contributed by atoms with Gasteiger partial charge < -0.3 is 10.6 Å². The maximum Gasteiger partial charge on any atom is 0.380 e. The molecule has 112 valence electrons. The summed E-state index contributed by atoms with van der Waals surface area (Å²) in [6.07, 6.45) is 8.45. The van der Waals surface area contributed by atoms with E-state index in [1.54, 1.807) is 0 Å². The fraction of sp³-hybridized carbons (Fsp3) is 0.800. The topological polar surface area (TPSA) is 103 Å². The Kier molecular flexibility index (Phi) is 4.00. The predicted octanol–water partition coefficient (Wildman–Crippen LogP) is 1.38. The van der Waals surface area contributed by atoms with Crippen LogP contribution in [0.1, 0.15) is 51.4 Å². The lowest BCUT2D eigenvalue weighted by Crippen LogP contribution is -2.46. The summed E-state index contributed by atoms with van der Waals surface area (Å²) in [6, 6.07) is 0. The maximum absolute atomic E-state index is 11.5. The predicted molar refractivity (Wildman–Crippen MR) is 71.1 cm³/mol. The average Bonchev–Trinajstić information content (AvgIpc) is 2.33. The lowest BCUT2D eigenvalue weighted by molar-refractivity contribution is -0.153. The number of hydrogen-bond donors (Lipinski definition) is 1. The number of carbonyl (C=O) groups excluding carboxylic acids is 2. The highest BCUT2D eigenvalue weighted by atomic mass is 16.4. The van der Waals surface area contributed by atoms with E-state index in [2.05, 4.69) is 0 Å². The van der Waals surface area contributed by atoms with E-state index in [9.17, 15) is 14.4 Å². The van der Waals surface area contributed by atoms with Gasteiger partial charge in [-0.2, -0.15) is 0 Å². The zero-order valence-corrected chi connectivity index (χ0v) is 11.6. The minimum Gasteiger partial charge on any atom is -0.475 e. The molecule has 0 unspecified atom stereocenters.